The van der Waals surface area contributed by atoms with Gasteiger partial charge in [0.1, 0.15) is 5.78 Å². The standard InChI is InChI=1S/C15H14N2O2/c18-14(11-6-7-11)10-15(19)12-4-1-2-5-13(12)17-9-3-8-16-17/h1-5,8-9,11H,6-7,10H2. The Kier molecular flexibility index (Phi) is 2.99. The Hall–Kier alpha value is -2.23. The van der Waals surface area contributed by atoms with Crippen molar-refractivity contribution in [3.8, 4) is 5.69 Å². The lowest BCUT2D eigenvalue weighted by atomic mass is 10.0. The zero-order chi connectivity index (χ0) is 13.2. The van der Waals surface area contributed by atoms with Crippen LogP contribution in [-0.2, 0) is 4.79 Å². The molecule has 1 heterocycles. The molecule has 0 N–H and O–H groups in total. The minimum Gasteiger partial charge on any atom is -0.299 e. The zero-order valence-corrected chi connectivity index (χ0v) is 10.5. The van der Waals surface area contributed by atoms with Crippen molar-refractivity contribution in [1.29, 1.82) is 0 Å². The summed E-state index contributed by atoms with van der Waals surface area (Å²) in [5.41, 5.74) is 1.28. The van der Waals surface area contributed by atoms with Gasteiger partial charge in [-0.3, -0.25) is 9.59 Å². The third-order valence-corrected chi connectivity index (χ3v) is 3.32. The molecule has 1 aliphatic carbocycles. The molecule has 1 aromatic heterocycles. The van der Waals surface area contributed by atoms with E-state index in [9.17, 15) is 9.59 Å². The van der Waals surface area contributed by atoms with Crippen LogP contribution in [0.5, 0.6) is 0 Å². The maximum Gasteiger partial charge on any atom is 0.172 e. The van der Waals surface area contributed by atoms with Gasteiger partial charge in [-0.15, -0.1) is 0 Å². The lowest BCUT2D eigenvalue weighted by Gasteiger charge is -2.08. The maximum atomic E-state index is 12.2. The number of ketones is 2. The highest BCUT2D eigenvalue weighted by atomic mass is 16.1. The monoisotopic (exact) mass is 254 g/mol. The van der Waals surface area contributed by atoms with E-state index in [0.717, 1.165) is 18.5 Å². The summed E-state index contributed by atoms with van der Waals surface area (Å²) in [5.74, 6) is 0.0732. The van der Waals surface area contributed by atoms with E-state index in [0.29, 0.717) is 5.56 Å². The topological polar surface area (TPSA) is 52.0 Å². The zero-order valence-electron chi connectivity index (χ0n) is 10.5. The van der Waals surface area contributed by atoms with Crippen LogP contribution in [0.4, 0.5) is 0 Å². The van der Waals surface area contributed by atoms with Crippen molar-refractivity contribution in [3.63, 3.8) is 0 Å². The van der Waals surface area contributed by atoms with E-state index >= 15 is 0 Å². The van der Waals surface area contributed by atoms with Gasteiger partial charge < -0.3 is 0 Å². The molecule has 0 bridgehead atoms. The van der Waals surface area contributed by atoms with Crippen LogP contribution in [0.3, 0.4) is 0 Å². The van der Waals surface area contributed by atoms with E-state index in [1.165, 1.54) is 0 Å². The second kappa shape index (κ2) is 4.80. The second-order valence-corrected chi connectivity index (χ2v) is 4.81. The molecule has 0 radical (unpaired) electrons. The molecule has 3 rings (SSSR count). The third-order valence-electron chi connectivity index (χ3n) is 3.32. The normalized spacial score (nSPS) is 14.3. The van der Waals surface area contributed by atoms with Crippen molar-refractivity contribution in [1.82, 2.24) is 9.78 Å². The molecule has 19 heavy (non-hydrogen) atoms. The van der Waals surface area contributed by atoms with Crippen LogP contribution in [0, 0.1) is 5.92 Å². The highest BCUT2D eigenvalue weighted by Gasteiger charge is 2.31. The summed E-state index contributed by atoms with van der Waals surface area (Å²) in [6.45, 7) is 0. The van der Waals surface area contributed by atoms with Gasteiger partial charge in [-0.2, -0.15) is 5.10 Å². The second-order valence-electron chi connectivity index (χ2n) is 4.81. The molecule has 4 nitrogen and oxygen atoms in total. The van der Waals surface area contributed by atoms with E-state index in [4.69, 9.17) is 0 Å². The van der Waals surface area contributed by atoms with Crippen molar-refractivity contribution >= 4 is 11.6 Å². The van der Waals surface area contributed by atoms with Crippen LogP contribution in [-0.4, -0.2) is 21.3 Å². The Balaban J connectivity index is 1.87. The molecule has 0 atom stereocenters. The van der Waals surface area contributed by atoms with E-state index < -0.39 is 0 Å². The van der Waals surface area contributed by atoms with Crippen LogP contribution in [0.1, 0.15) is 29.6 Å². The number of carbonyl (C=O) groups excluding carboxylic acids is 2. The summed E-state index contributed by atoms with van der Waals surface area (Å²) < 4.78 is 1.65. The molecule has 4 heteroatoms. The lowest BCUT2D eigenvalue weighted by molar-refractivity contribution is -0.119. The molecule has 1 aromatic carbocycles. The molecule has 0 saturated heterocycles. The van der Waals surface area contributed by atoms with Gasteiger partial charge in [0.2, 0.25) is 0 Å². The Bertz CT molecular complexity index is 613. The first-order valence-electron chi connectivity index (χ1n) is 6.40. The Morgan fingerprint density at radius 1 is 1.21 bits per heavy atom. The van der Waals surface area contributed by atoms with Gasteiger partial charge in [0.15, 0.2) is 5.78 Å². The first-order valence-corrected chi connectivity index (χ1v) is 6.40. The molecular weight excluding hydrogens is 240 g/mol. The maximum absolute atomic E-state index is 12.2. The third kappa shape index (κ3) is 2.47. The number of hydrogen-bond donors (Lipinski definition) is 0. The van der Waals surface area contributed by atoms with Crippen molar-refractivity contribution in [2.24, 2.45) is 5.92 Å². The average molecular weight is 254 g/mol. The van der Waals surface area contributed by atoms with Gasteiger partial charge in [-0.25, -0.2) is 4.68 Å². The number of nitrogens with zero attached hydrogens (tertiary/aromatic N) is 2. The molecule has 0 amide bonds. The van der Waals surface area contributed by atoms with Crippen molar-refractivity contribution in [2.45, 2.75) is 19.3 Å². The highest BCUT2D eigenvalue weighted by Crippen LogP contribution is 2.31. The number of Topliss-reactive ketones (excluding diaryl/α,β-unsaturated/α-hetero) is 2. The number of carbonyl (C=O) groups is 2. The van der Waals surface area contributed by atoms with Crippen LogP contribution in [0.25, 0.3) is 5.69 Å². The van der Waals surface area contributed by atoms with E-state index in [1.54, 1.807) is 29.2 Å². The van der Waals surface area contributed by atoms with Gasteiger partial charge in [-0.1, -0.05) is 12.1 Å². The van der Waals surface area contributed by atoms with Crippen molar-refractivity contribution in [3.05, 3.63) is 48.3 Å². The molecule has 0 spiro atoms. The summed E-state index contributed by atoms with van der Waals surface area (Å²) in [6.07, 6.45) is 5.33. The van der Waals surface area contributed by atoms with Crippen LogP contribution in [0.2, 0.25) is 0 Å². The predicted octanol–water partition coefficient (Wildman–Crippen LogP) is 2.42. The largest absolute Gasteiger partial charge is 0.299 e. The van der Waals surface area contributed by atoms with Crippen LogP contribution < -0.4 is 0 Å². The minimum absolute atomic E-state index is 0.00293. The summed E-state index contributed by atoms with van der Waals surface area (Å²) >= 11 is 0. The molecule has 2 aromatic rings. The summed E-state index contributed by atoms with van der Waals surface area (Å²) in [6, 6.07) is 9.05. The van der Waals surface area contributed by atoms with Gasteiger partial charge in [0.25, 0.3) is 0 Å². The van der Waals surface area contributed by atoms with Gasteiger partial charge in [0, 0.05) is 23.9 Å². The number of aromatic nitrogens is 2. The molecule has 0 aliphatic heterocycles. The minimum atomic E-state index is -0.122. The molecule has 0 unspecified atom stereocenters. The van der Waals surface area contributed by atoms with Gasteiger partial charge in [0.05, 0.1) is 12.1 Å². The Labute approximate surface area is 111 Å². The molecule has 1 fully saturated rings. The smallest absolute Gasteiger partial charge is 0.172 e. The number of para-hydroxylation sites is 1. The van der Waals surface area contributed by atoms with E-state index in [-0.39, 0.29) is 23.9 Å². The number of rotatable bonds is 5. The summed E-state index contributed by atoms with van der Waals surface area (Å²) in [7, 11) is 0. The Morgan fingerprint density at radius 3 is 2.68 bits per heavy atom. The molecular formula is C15H14N2O2. The van der Waals surface area contributed by atoms with Gasteiger partial charge >= 0.3 is 0 Å². The highest BCUT2D eigenvalue weighted by molar-refractivity contribution is 6.10. The fraction of sp³-hybridized carbons (Fsp3) is 0.267. The number of hydrogen-bond acceptors (Lipinski definition) is 3. The average Bonchev–Trinajstić information content (AvgIpc) is 3.14. The lowest BCUT2D eigenvalue weighted by Crippen LogP contribution is -2.12. The summed E-state index contributed by atoms with van der Waals surface area (Å²) in [5, 5.41) is 4.14. The fourth-order valence-corrected chi connectivity index (χ4v) is 2.12. The van der Waals surface area contributed by atoms with Gasteiger partial charge in [-0.05, 0) is 31.0 Å². The molecule has 1 saturated carbocycles. The van der Waals surface area contributed by atoms with E-state index in [1.807, 2.05) is 18.2 Å². The fourth-order valence-electron chi connectivity index (χ4n) is 2.12. The summed E-state index contributed by atoms with van der Waals surface area (Å²) in [4.78, 5) is 24.0. The molecule has 96 valence electrons. The van der Waals surface area contributed by atoms with Crippen LogP contribution >= 0.6 is 0 Å². The van der Waals surface area contributed by atoms with Crippen molar-refractivity contribution < 1.29 is 9.59 Å². The van der Waals surface area contributed by atoms with E-state index in [2.05, 4.69) is 5.10 Å². The predicted molar refractivity (Wildman–Crippen MR) is 70.2 cm³/mol. The number of benzene rings is 1. The van der Waals surface area contributed by atoms with Crippen LogP contribution in [0.15, 0.2) is 42.7 Å². The first kappa shape index (κ1) is 11.8. The Morgan fingerprint density at radius 2 is 2.00 bits per heavy atom. The SMILES string of the molecule is O=C(CC(=O)C1CC1)c1ccccc1-n1cccn1. The first-order chi connectivity index (χ1) is 9.25. The molecule has 1 aliphatic rings. The van der Waals surface area contributed by atoms with Crippen molar-refractivity contribution in [2.75, 3.05) is 0 Å². The quantitative estimate of drug-likeness (QED) is 0.608.